The van der Waals surface area contributed by atoms with Crippen LogP contribution in [-0.2, 0) is 4.74 Å². The second-order valence-corrected chi connectivity index (χ2v) is 3.60. The quantitative estimate of drug-likeness (QED) is 0.549. The van der Waals surface area contributed by atoms with Crippen LogP contribution in [0.2, 0.25) is 0 Å². The topological polar surface area (TPSA) is 12.5 Å². The van der Waals surface area contributed by atoms with E-state index in [0.717, 1.165) is 18.4 Å². The third-order valence-electron chi connectivity index (χ3n) is 2.44. The minimum Gasteiger partial charge on any atom is -0.373 e. The van der Waals surface area contributed by atoms with Gasteiger partial charge in [-0.3, -0.25) is 0 Å². The Kier molecular flexibility index (Phi) is 2.72. The number of hydrogen-bond donors (Lipinski definition) is 0. The maximum Gasteiger partial charge on any atom is 0.0812 e. The molecular weight excluding hydrogens is 124 g/mol. The Labute approximate surface area is 63.8 Å². The summed E-state index contributed by atoms with van der Waals surface area (Å²) in [7, 11) is 0. The van der Waals surface area contributed by atoms with Gasteiger partial charge in [0.25, 0.3) is 0 Å². The van der Waals surface area contributed by atoms with Crippen molar-refractivity contribution in [3.05, 3.63) is 0 Å². The minimum absolute atomic E-state index is 0.618. The molecule has 1 fully saturated rings. The Morgan fingerprint density at radius 3 is 2.40 bits per heavy atom. The van der Waals surface area contributed by atoms with E-state index in [2.05, 4.69) is 20.8 Å². The Morgan fingerprint density at radius 2 is 2.10 bits per heavy atom. The minimum atomic E-state index is 0.618. The normalized spacial score (nSPS) is 27.0. The molecule has 0 aliphatic carbocycles. The van der Waals surface area contributed by atoms with Crippen molar-refractivity contribution in [3.8, 4) is 0 Å². The molecular formula is C9H18O. The van der Waals surface area contributed by atoms with E-state index < -0.39 is 0 Å². The highest BCUT2D eigenvalue weighted by atomic mass is 16.6. The fourth-order valence-corrected chi connectivity index (χ4v) is 1.45. The summed E-state index contributed by atoms with van der Waals surface area (Å²) in [5.74, 6) is 1.71. The van der Waals surface area contributed by atoms with Gasteiger partial charge in [-0.25, -0.2) is 0 Å². The fraction of sp³-hybridized carbons (Fsp3) is 1.00. The van der Waals surface area contributed by atoms with Crippen LogP contribution in [-0.4, -0.2) is 12.7 Å². The fourth-order valence-electron chi connectivity index (χ4n) is 1.45. The van der Waals surface area contributed by atoms with Gasteiger partial charge < -0.3 is 4.74 Å². The van der Waals surface area contributed by atoms with E-state index in [1.807, 2.05) is 0 Å². The van der Waals surface area contributed by atoms with Crippen molar-refractivity contribution in [2.75, 3.05) is 6.61 Å². The van der Waals surface area contributed by atoms with Crippen molar-refractivity contribution in [3.63, 3.8) is 0 Å². The average molecular weight is 142 g/mol. The standard InChI is InChI=1S/C9H18O/c1-4-8(7(2)3)5-9-6-10-9/h7-9H,4-6H2,1-3H3. The van der Waals surface area contributed by atoms with E-state index in [1.54, 1.807) is 0 Å². The third kappa shape index (κ3) is 2.30. The number of rotatable bonds is 4. The first-order chi connectivity index (χ1) is 4.74. The molecule has 60 valence electrons. The average Bonchev–Trinajstić information content (AvgIpc) is 2.64. The lowest BCUT2D eigenvalue weighted by atomic mass is 9.89. The third-order valence-corrected chi connectivity index (χ3v) is 2.44. The molecule has 0 N–H and O–H groups in total. The molecule has 1 nitrogen and oxygen atoms in total. The number of hydrogen-bond acceptors (Lipinski definition) is 1. The van der Waals surface area contributed by atoms with Crippen molar-refractivity contribution in [1.29, 1.82) is 0 Å². The summed E-state index contributed by atoms with van der Waals surface area (Å²) in [6.07, 6.45) is 3.21. The lowest BCUT2D eigenvalue weighted by Gasteiger charge is -2.16. The molecule has 1 rings (SSSR count). The zero-order valence-corrected chi connectivity index (χ0v) is 7.26. The highest BCUT2D eigenvalue weighted by Crippen LogP contribution is 2.26. The van der Waals surface area contributed by atoms with Crippen LogP contribution in [0.5, 0.6) is 0 Å². The molecule has 0 aromatic rings. The zero-order valence-electron chi connectivity index (χ0n) is 7.26. The monoisotopic (exact) mass is 142 g/mol. The van der Waals surface area contributed by atoms with Crippen LogP contribution in [0.4, 0.5) is 0 Å². The summed E-state index contributed by atoms with van der Waals surface area (Å²) in [6.45, 7) is 7.89. The molecule has 0 aromatic heterocycles. The first kappa shape index (κ1) is 8.06. The summed E-state index contributed by atoms with van der Waals surface area (Å²) < 4.78 is 5.19. The largest absolute Gasteiger partial charge is 0.373 e. The lowest BCUT2D eigenvalue weighted by Crippen LogP contribution is -2.09. The van der Waals surface area contributed by atoms with Crippen LogP contribution < -0.4 is 0 Å². The van der Waals surface area contributed by atoms with Gasteiger partial charge >= 0.3 is 0 Å². The summed E-state index contributed by atoms with van der Waals surface area (Å²) in [6, 6.07) is 0. The molecule has 0 spiro atoms. The Morgan fingerprint density at radius 1 is 1.50 bits per heavy atom. The predicted octanol–water partition coefficient (Wildman–Crippen LogP) is 2.46. The van der Waals surface area contributed by atoms with Gasteiger partial charge in [0, 0.05) is 0 Å². The maximum atomic E-state index is 5.19. The Balaban J connectivity index is 2.17. The van der Waals surface area contributed by atoms with Crippen molar-refractivity contribution >= 4 is 0 Å². The maximum absolute atomic E-state index is 5.19. The second-order valence-electron chi connectivity index (χ2n) is 3.60. The molecule has 10 heavy (non-hydrogen) atoms. The first-order valence-electron chi connectivity index (χ1n) is 4.35. The summed E-state index contributed by atoms with van der Waals surface area (Å²) in [4.78, 5) is 0. The molecule has 2 atom stereocenters. The number of ether oxygens (including phenoxy) is 1. The van der Waals surface area contributed by atoms with Crippen LogP contribution in [0.25, 0.3) is 0 Å². The zero-order chi connectivity index (χ0) is 7.56. The summed E-state index contributed by atoms with van der Waals surface area (Å²) in [5, 5.41) is 0. The van der Waals surface area contributed by atoms with E-state index in [0.29, 0.717) is 6.10 Å². The molecule has 1 saturated heterocycles. The number of epoxide rings is 1. The molecule has 1 heteroatoms. The molecule has 0 aromatic carbocycles. The van der Waals surface area contributed by atoms with Crippen molar-refractivity contribution < 1.29 is 4.74 Å². The van der Waals surface area contributed by atoms with Crippen molar-refractivity contribution in [2.24, 2.45) is 11.8 Å². The predicted molar refractivity (Wildman–Crippen MR) is 43.0 cm³/mol. The molecule has 1 heterocycles. The molecule has 0 bridgehead atoms. The molecule has 2 unspecified atom stereocenters. The van der Waals surface area contributed by atoms with E-state index in [4.69, 9.17) is 4.74 Å². The molecule has 0 amide bonds. The van der Waals surface area contributed by atoms with E-state index in [1.165, 1.54) is 12.8 Å². The smallest absolute Gasteiger partial charge is 0.0812 e. The molecule has 0 radical (unpaired) electrons. The van der Waals surface area contributed by atoms with Gasteiger partial charge in [-0.05, 0) is 18.3 Å². The SMILES string of the molecule is CCC(CC1CO1)C(C)C. The lowest BCUT2D eigenvalue weighted by molar-refractivity contribution is 0.294. The second kappa shape index (κ2) is 3.38. The Hall–Kier alpha value is -0.0400. The summed E-state index contributed by atoms with van der Waals surface area (Å²) in [5.41, 5.74) is 0. The van der Waals surface area contributed by atoms with Crippen LogP contribution in [0.1, 0.15) is 33.6 Å². The highest BCUT2D eigenvalue weighted by Gasteiger charge is 2.26. The van der Waals surface area contributed by atoms with Gasteiger partial charge in [0.05, 0.1) is 12.7 Å². The van der Waals surface area contributed by atoms with Crippen molar-refractivity contribution in [2.45, 2.75) is 39.7 Å². The molecule has 0 saturated carbocycles. The van der Waals surface area contributed by atoms with Crippen LogP contribution in [0.3, 0.4) is 0 Å². The van der Waals surface area contributed by atoms with E-state index in [-0.39, 0.29) is 0 Å². The van der Waals surface area contributed by atoms with Crippen LogP contribution in [0, 0.1) is 11.8 Å². The van der Waals surface area contributed by atoms with Gasteiger partial charge in [-0.15, -0.1) is 0 Å². The van der Waals surface area contributed by atoms with Crippen LogP contribution in [0.15, 0.2) is 0 Å². The first-order valence-corrected chi connectivity index (χ1v) is 4.35. The van der Waals surface area contributed by atoms with Crippen LogP contribution >= 0.6 is 0 Å². The van der Waals surface area contributed by atoms with Gasteiger partial charge in [0.15, 0.2) is 0 Å². The molecule has 1 aliphatic rings. The van der Waals surface area contributed by atoms with Gasteiger partial charge in [-0.1, -0.05) is 27.2 Å². The van der Waals surface area contributed by atoms with Gasteiger partial charge in [0.2, 0.25) is 0 Å². The van der Waals surface area contributed by atoms with E-state index >= 15 is 0 Å². The summed E-state index contributed by atoms with van der Waals surface area (Å²) >= 11 is 0. The highest BCUT2D eigenvalue weighted by molar-refractivity contribution is 4.74. The van der Waals surface area contributed by atoms with Gasteiger partial charge in [-0.2, -0.15) is 0 Å². The molecule has 1 aliphatic heterocycles. The van der Waals surface area contributed by atoms with Crippen molar-refractivity contribution in [1.82, 2.24) is 0 Å². The van der Waals surface area contributed by atoms with E-state index in [9.17, 15) is 0 Å². The Bertz CT molecular complexity index is 94.9. The van der Waals surface area contributed by atoms with Gasteiger partial charge in [0.1, 0.15) is 0 Å².